The Balaban J connectivity index is 3.29. The Morgan fingerprint density at radius 1 is 1.42 bits per heavy atom. The lowest BCUT2D eigenvalue weighted by molar-refractivity contribution is -0.0501. The number of nitriles is 1. The van der Waals surface area contributed by atoms with Gasteiger partial charge in [0.1, 0.15) is 11.8 Å². The van der Waals surface area contributed by atoms with Crippen LogP contribution < -0.4 is 4.74 Å². The summed E-state index contributed by atoms with van der Waals surface area (Å²) in [6, 6.07) is 4.25. The normalized spacial score (nSPS) is 10.1. The fourth-order valence-corrected chi connectivity index (χ4v) is 1.60. The fourth-order valence-electron chi connectivity index (χ4n) is 1.60. The summed E-state index contributed by atoms with van der Waals surface area (Å²) in [5.41, 5.74) is 0.654. The molecule has 19 heavy (non-hydrogen) atoms. The summed E-state index contributed by atoms with van der Waals surface area (Å²) in [4.78, 5) is 11.7. The summed E-state index contributed by atoms with van der Waals surface area (Å²) >= 11 is 0. The van der Waals surface area contributed by atoms with Crippen LogP contribution in [0.5, 0.6) is 5.75 Å². The van der Waals surface area contributed by atoms with E-state index in [4.69, 9.17) is 10.00 Å². The van der Waals surface area contributed by atoms with E-state index in [0.717, 1.165) is 6.07 Å². The monoisotopic (exact) mass is 269 g/mol. The van der Waals surface area contributed by atoms with Crippen LogP contribution in [-0.4, -0.2) is 19.2 Å². The van der Waals surface area contributed by atoms with Crippen molar-refractivity contribution >= 4 is 5.97 Å². The number of alkyl halides is 2. The number of rotatable bonds is 5. The Labute approximate surface area is 109 Å². The van der Waals surface area contributed by atoms with Crippen molar-refractivity contribution in [1.29, 1.82) is 5.26 Å². The first-order valence-electron chi connectivity index (χ1n) is 5.72. The number of nitrogens with zero attached hydrogens (tertiary/aromatic N) is 1. The molecule has 0 heterocycles. The molecule has 6 heteroatoms. The van der Waals surface area contributed by atoms with Crippen LogP contribution in [0.2, 0.25) is 0 Å². The van der Waals surface area contributed by atoms with Crippen LogP contribution in [0.15, 0.2) is 12.1 Å². The Bertz CT molecular complexity index is 509. The van der Waals surface area contributed by atoms with Gasteiger partial charge in [0.25, 0.3) is 0 Å². The molecule has 1 rings (SSSR count). The zero-order chi connectivity index (χ0) is 14.4. The van der Waals surface area contributed by atoms with E-state index in [1.54, 1.807) is 19.9 Å². The van der Waals surface area contributed by atoms with Crippen LogP contribution in [0.4, 0.5) is 8.78 Å². The fraction of sp³-hybridized carbons (Fsp3) is 0.385. The van der Waals surface area contributed by atoms with E-state index in [1.807, 2.05) is 0 Å². The molecule has 0 aromatic heterocycles. The van der Waals surface area contributed by atoms with Gasteiger partial charge in [-0.25, -0.2) is 4.79 Å². The van der Waals surface area contributed by atoms with Crippen molar-refractivity contribution in [3.63, 3.8) is 0 Å². The average Bonchev–Trinajstić information content (AvgIpc) is 2.37. The molecule has 0 saturated carbocycles. The van der Waals surface area contributed by atoms with Crippen molar-refractivity contribution in [2.24, 2.45) is 0 Å². The molecule has 1 aromatic carbocycles. The number of hydrogen-bond donors (Lipinski definition) is 0. The van der Waals surface area contributed by atoms with Crippen LogP contribution >= 0.6 is 0 Å². The van der Waals surface area contributed by atoms with Gasteiger partial charge < -0.3 is 9.47 Å². The average molecular weight is 269 g/mol. The molecule has 0 radical (unpaired) electrons. The molecule has 4 nitrogen and oxygen atoms in total. The molecule has 1 aromatic rings. The van der Waals surface area contributed by atoms with Gasteiger partial charge in [-0.2, -0.15) is 14.0 Å². The lowest BCUT2D eigenvalue weighted by Gasteiger charge is -2.12. The molecule has 0 saturated heterocycles. The maximum absolute atomic E-state index is 12.3. The molecule has 0 unspecified atom stereocenters. The third-order valence-electron chi connectivity index (χ3n) is 2.42. The summed E-state index contributed by atoms with van der Waals surface area (Å²) in [7, 11) is 0. The molecule has 0 aliphatic heterocycles. The zero-order valence-corrected chi connectivity index (χ0v) is 10.6. The number of esters is 1. The summed E-state index contributed by atoms with van der Waals surface area (Å²) in [5.74, 6) is -0.944. The second kappa shape index (κ2) is 6.69. The van der Waals surface area contributed by atoms with E-state index in [0.29, 0.717) is 12.0 Å². The molecule has 0 aliphatic rings. The van der Waals surface area contributed by atoms with E-state index in [2.05, 4.69) is 4.74 Å². The maximum atomic E-state index is 12.3. The van der Waals surface area contributed by atoms with E-state index in [9.17, 15) is 13.6 Å². The number of ether oxygens (including phenoxy) is 2. The Kier molecular flexibility index (Phi) is 5.24. The standard InChI is InChI=1S/C13H13F2NO3/c1-3-8-5-9(7-16)11(19-13(14)15)6-10(8)12(17)18-4-2/h5-6,13H,3-4H2,1-2H3. The molecule has 0 fully saturated rings. The molecule has 0 atom stereocenters. The quantitative estimate of drug-likeness (QED) is 0.771. The van der Waals surface area contributed by atoms with Gasteiger partial charge in [-0.15, -0.1) is 0 Å². The maximum Gasteiger partial charge on any atom is 0.387 e. The Morgan fingerprint density at radius 3 is 2.58 bits per heavy atom. The highest BCUT2D eigenvalue weighted by molar-refractivity contribution is 5.92. The highest BCUT2D eigenvalue weighted by atomic mass is 19.3. The predicted molar refractivity (Wildman–Crippen MR) is 63.1 cm³/mol. The number of carbonyl (C=O) groups is 1. The first-order valence-corrected chi connectivity index (χ1v) is 5.72. The highest BCUT2D eigenvalue weighted by Gasteiger charge is 2.18. The topological polar surface area (TPSA) is 59.3 Å². The summed E-state index contributed by atoms with van der Waals surface area (Å²) in [5, 5.41) is 8.89. The third kappa shape index (κ3) is 3.65. The van der Waals surface area contributed by atoms with Crippen LogP contribution in [0.3, 0.4) is 0 Å². The number of benzene rings is 1. The van der Waals surface area contributed by atoms with Gasteiger partial charge in [-0.3, -0.25) is 0 Å². The second-order valence-corrected chi connectivity index (χ2v) is 3.57. The van der Waals surface area contributed by atoms with Crippen LogP contribution in [0.1, 0.15) is 35.3 Å². The van der Waals surface area contributed by atoms with Gasteiger partial charge in [-0.1, -0.05) is 6.92 Å². The third-order valence-corrected chi connectivity index (χ3v) is 2.42. The molecular weight excluding hydrogens is 256 g/mol. The van der Waals surface area contributed by atoms with Gasteiger partial charge in [-0.05, 0) is 31.0 Å². The van der Waals surface area contributed by atoms with E-state index in [1.165, 1.54) is 6.07 Å². The smallest absolute Gasteiger partial charge is 0.387 e. The number of hydrogen-bond acceptors (Lipinski definition) is 4. The molecule has 102 valence electrons. The van der Waals surface area contributed by atoms with Gasteiger partial charge in [0, 0.05) is 0 Å². The highest BCUT2D eigenvalue weighted by Crippen LogP contribution is 2.26. The minimum absolute atomic E-state index is 0.0369. The van der Waals surface area contributed by atoms with Gasteiger partial charge in [0.15, 0.2) is 0 Å². The van der Waals surface area contributed by atoms with Crippen molar-refractivity contribution in [3.8, 4) is 11.8 Å². The van der Waals surface area contributed by atoms with Gasteiger partial charge in [0.2, 0.25) is 0 Å². The summed E-state index contributed by atoms with van der Waals surface area (Å²) in [6.07, 6.45) is 0.470. The van der Waals surface area contributed by atoms with Crippen molar-refractivity contribution in [2.45, 2.75) is 26.9 Å². The van der Waals surface area contributed by atoms with Crippen molar-refractivity contribution in [3.05, 3.63) is 28.8 Å². The van der Waals surface area contributed by atoms with Crippen molar-refractivity contribution in [1.82, 2.24) is 0 Å². The van der Waals surface area contributed by atoms with Crippen LogP contribution in [0.25, 0.3) is 0 Å². The number of aryl methyl sites for hydroxylation is 1. The van der Waals surface area contributed by atoms with Crippen molar-refractivity contribution < 1.29 is 23.0 Å². The van der Waals surface area contributed by atoms with E-state index < -0.39 is 12.6 Å². The molecular formula is C13H13F2NO3. The SMILES string of the molecule is CCOC(=O)c1cc(OC(F)F)c(C#N)cc1CC. The lowest BCUT2D eigenvalue weighted by Crippen LogP contribution is -2.11. The largest absolute Gasteiger partial charge is 0.462 e. The minimum Gasteiger partial charge on any atom is -0.462 e. The summed E-state index contributed by atoms with van der Waals surface area (Å²) < 4.78 is 33.6. The van der Waals surface area contributed by atoms with Gasteiger partial charge >= 0.3 is 12.6 Å². The molecule has 0 amide bonds. The second-order valence-electron chi connectivity index (χ2n) is 3.57. The predicted octanol–water partition coefficient (Wildman–Crippen LogP) is 2.90. The Morgan fingerprint density at radius 2 is 2.11 bits per heavy atom. The van der Waals surface area contributed by atoms with Gasteiger partial charge in [0.05, 0.1) is 17.7 Å². The number of halogens is 2. The lowest BCUT2D eigenvalue weighted by atomic mass is 10.0. The first-order chi connectivity index (χ1) is 9.03. The molecule has 0 spiro atoms. The van der Waals surface area contributed by atoms with Crippen molar-refractivity contribution in [2.75, 3.05) is 6.61 Å². The summed E-state index contributed by atoms with van der Waals surface area (Å²) in [6.45, 7) is 0.540. The molecule has 0 aliphatic carbocycles. The molecule has 0 N–H and O–H groups in total. The number of carbonyl (C=O) groups excluding carboxylic acids is 1. The van der Waals surface area contributed by atoms with E-state index in [-0.39, 0.29) is 23.5 Å². The van der Waals surface area contributed by atoms with Crippen LogP contribution in [-0.2, 0) is 11.2 Å². The zero-order valence-electron chi connectivity index (χ0n) is 10.6. The molecule has 0 bridgehead atoms. The van der Waals surface area contributed by atoms with E-state index >= 15 is 0 Å². The first kappa shape index (κ1) is 14.9. The van der Waals surface area contributed by atoms with Crippen LogP contribution in [0, 0.1) is 11.3 Å². The minimum atomic E-state index is -3.06. The Hall–Kier alpha value is -2.16.